The van der Waals surface area contributed by atoms with Crippen LogP contribution in [0.4, 0.5) is 5.69 Å². The molecular weight excluding hydrogens is 262 g/mol. The van der Waals surface area contributed by atoms with Gasteiger partial charge in [0.1, 0.15) is 0 Å². The SMILES string of the molecule is Cc1ccc(NS(=O)(=O)c2ccc(CN)cc2)cn1. The van der Waals surface area contributed by atoms with Gasteiger partial charge >= 0.3 is 0 Å². The Hall–Kier alpha value is -1.92. The Morgan fingerprint density at radius 1 is 1.16 bits per heavy atom. The van der Waals surface area contributed by atoms with Crippen molar-refractivity contribution in [3.63, 3.8) is 0 Å². The maximum Gasteiger partial charge on any atom is 0.261 e. The summed E-state index contributed by atoms with van der Waals surface area (Å²) in [5.74, 6) is 0. The van der Waals surface area contributed by atoms with Crippen LogP contribution in [-0.4, -0.2) is 13.4 Å². The molecule has 0 saturated carbocycles. The highest BCUT2D eigenvalue weighted by molar-refractivity contribution is 7.92. The quantitative estimate of drug-likeness (QED) is 0.889. The van der Waals surface area contributed by atoms with Crippen molar-refractivity contribution in [3.8, 4) is 0 Å². The van der Waals surface area contributed by atoms with E-state index in [9.17, 15) is 8.42 Å². The van der Waals surface area contributed by atoms with E-state index in [2.05, 4.69) is 9.71 Å². The van der Waals surface area contributed by atoms with Crippen LogP contribution in [0.3, 0.4) is 0 Å². The van der Waals surface area contributed by atoms with Crippen molar-refractivity contribution in [1.82, 2.24) is 4.98 Å². The Labute approximate surface area is 112 Å². The van der Waals surface area contributed by atoms with Crippen LogP contribution >= 0.6 is 0 Å². The van der Waals surface area contributed by atoms with Crippen LogP contribution in [0.5, 0.6) is 0 Å². The molecule has 19 heavy (non-hydrogen) atoms. The Morgan fingerprint density at radius 3 is 2.37 bits per heavy atom. The fourth-order valence-electron chi connectivity index (χ4n) is 1.55. The molecule has 1 heterocycles. The lowest BCUT2D eigenvalue weighted by Gasteiger charge is -2.08. The fraction of sp³-hybridized carbons (Fsp3) is 0.154. The summed E-state index contributed by atoms with van der Waals surface area (Å²) in [7, 11) is -3.58. The molecule has 2 rings (SSSR count). The van der Waals surface area contributed by atoms with Crippen LogP contribution in [-0.2, 0) is 16.6 Å². The molecule has 0 aliphatic rings. The molecule has 0 atom stereocenters. The Bertz CT molecular complexity index is 649. The average molecular weight is 277 g/mol. The van der Waals surface area contributed by atoms with Crippen LogP contribution < -0.4 is 10.5 Å². The molecule has 0 spiro atoms. The maximum absolute atomic E-state index is 12.1. The zero-order chi connectivity index (χ0) is 13.9. The summed E-state index contributed by atoms with van der Waals surface area (Å²) in [6.45, 7) is 2.22. The number of sulfonamides is 1. The van der Waals surface area contributed by atoms with Gasteiger partial charge in [-0.05, 0) is 36.8 Å². The van der Waals surface area contributed by atoms with Gasteiger partial charge in [-0.25, -0.2) is 8.42 Å². The second-order valence-corrected chi connectivity index (χ2v) is 5.82. The minimum absolute atomic E-state index is 0.199. The summed E-state index contributed by atoms with van der Waals surface area (Å²) in [6.07, 6.45) is 1.49. The Balaban J connectivity index is 2.24. The van der Waals surface area contributed by atoms with Crippen molar-refractivity contribution in [3.05, 3.63) is 53.9 Å². The largest absolute Gasteiger partial charge is 0.326 e. The number of pyridine rings is 1. The molecule has 0 radical (unpaired) electrons. The number of benzene rings is 1. The van der Waals surface area contributed by atoms with Crippen LogP contribution in [0.25, 0.3) is 0 Å². The number of aryl methyl sites for hydroxylation is 1. The van der Waals surface area contributed by atoms with Gasteiger partial charge in [-0.1, -0.05) is 12.1 Å². The molecule has 0 fully saturated rings. The molecule has 100 valence electrons. The third kappa shape index (κ3) is 3.30. The summed E-state index contributed by atoms with van der Waals surface area (Å²) >= 11 is 0. The minimum Gasteiger partial charge on any atom is -0.326 e. The van der Waals surface area contributed by atoms with Gasteiger partial charge in [0, 0.05) is 12.2 Å². The molecule has 5 nitrogen and oxygen atoms in total. The monoisotopic (exact) mass is 277 g/mol. The van der Waals surface area contributed by atoms with Gasteiger partial charge in [0.25, 0.3) is 10.0 Å². The smallest absolute Gasteiger partial charge is 0.261 e. The van der Waals surface area contributed by atoms with E-state index in [1.54, 1.807) is 24.3 Å². The van der Waals surface area contributed by atoms with E-state index in [1.807, 2.05) is 6.92 Å². The number of anilines is 1. The predicted octanol–water partition coefficient (Wildman–Crippen LogP) is 1.65. The molecule has 1 aromatic heterocycles. The number of rotatable bonds is 4. The summed E-state index contributed by atoms with van der Waals surface area (Å²) in [4.78, 5) is 4.24. The standard InChI is InChI=1S/C13H15N3O2S/c1-10-2-5-12(9-15-10)16-19(17,18)13-6-3-11(8-14)4-7-13/h2-7,9,16H,8,14H2,1H3. The number of aromatic nitrogens is 1. The van der Waals surface area contributed by atoms with E-state index in [0.717, 1.165) is 11.3 Å². The number of nitrogens with one attached hydrogen (secondary N) is 1. The second kappa shape index (κ2) is 5.38. The normalized spacial score (nSPS) is 11.3. The molecule has 1 aromatic carbocycles. The predicted molar refractivity (Wildman–Crippen MR) is 74.1 cm³/mol. The van der Waals surface area contributed by atoms with E-state index in [-0.39, 0.29) is 4.90 Å². The molecule has 0 aliphatic heterocycles. The maximum atomic E-state index is 12.1. The zero-order valence-electron chi connectivity index (χ0n) is 10.5. The fourth-order valence-corrected chi connectivity index (χ4v) is 2.59. The van der Waals surface area contributed by atoms with E-state index in [1.165, 1.54) is 18.3 Å². The zero-order valence-corrected chi connectivity index (χ0v) is 11.3. The van der Waals surface area contributed by atoms with Crippen molar-refractivity contribution in [2.75, 3.05) is 4.72 Å². The first kappa shape index (κ1) is 13.5. The lowest BCUT2D eigenvalue weighted by Crippen LogP contribution is -2.13. The molecule has 3 N–H and O–H groups in total. The van der Waals surface area contributed by atoms with E-state index in [4.69, 9.17) is 5.73 Å². The van der Waals surface area contributed by atoms with Gasteiger partial charge in [0.05, 0.1) is 16.8 Å². The molecule has 0 bridgehead atoms. The highest BCUT2D eigenvalue weighted by atomic mass is 32.2. The Kier molecular flexibility index (Phi) is 3.82. The van der Waals surface area contributed by atoms with Crippen LogP contribution in [0.2, 0.25) is 0 Å². The molecule has 0 unspecified atom stereocenters. The van der Waals surface area contributed by atoms with Crippen LogP contribution in [0.1, 0.15) is 11.3 Å². The lowest BCUT2D eigenvalue weighted by molar-refractivity contribution is 0.601. The highest BCUT2D eigenvalue weighted by Gasteiger charge is 2.13. The number of nitrogens with zero attached hydrogens (tertiary/aromatic N) is 1. The van der Waals surface area contributed by atoms with Gasteiger partial charge in [-0.3, -0.25) is 9.71 Å². The van der Waals surface area contributed by atoms with Gasteiger partial charge in [-0.15, -0.1) is 0 Å². The summed E-state index contributed by atoms with van der Waals surface area (Å²) < 4.78 is 26.7. The van der Waals surface area contributed by atoms with E-state index < -0.39 is 10.0 Å². The van der Waals surface area contributed by atoms with Crippen molar-refractivity contribution in [1.29, 1.82) is 0 Å². The van der Waals surface area contributed by atoms with Gasteiger partial charge < -0.3 is 5.73 Å². The van der Waals surface area contributed by atoms with Crippen molar-refractivity contribution in [2.45, 2.75) is 18.4 Å². The molecular formula is C13H15N3O2S. The van der Waals surface area contributed by atoms with Crippen molar-refractivity contribution >= 4 is 15.7 Å². The van der Waals surface area contributed by atoms with Crippen molar-refractivity contribution < 1.29 is 8.42 Å². The molecule has 0 saturated heterocycles. The molecule has 0 amide bonds. The number of hydrogen-bond donors (Lipinski definition) is 2. The first-order chi connectivity index (χ1) is 9.01. The molecule has 6 heteroatoms. The van der Waals surface area contributed by atoms with E-state index in [0.29, 0.717) is 12.2 Å². The summed E-state index contributed by atoms with van der Waals surface area (Å²) in [5.41, 5.74) is 7.63. The topological polar surface area (TPSA) is 85.1 Å². The minimum atomic E-state index is -3.58. The number of nitrogens with two attached hydrogens (primary N) is 1. The third-order valence-electron chi connectivity index (χ3n) is 2.63. The average Bonchev–Trinajstić information content (AvgIpc) is 2.41. The van der Waals surface area contributed by atoms with Gasteiger partial charge in [0.15, 0.2) is 0 Å². The summed E-state index contributed by atoms with van der Waals surface area (Å²) in [6, 6.07) is 9.88. The van der Waals surface area contributed by atoms with Crippen molar-refractivity contribution in [2.24, 2.45) is 5.73 Å². The van der Waals surface area contributed by atoms with E-state index >= 15 is 0 Å². The van der Waals surface area contributed by atoms with Crippen LogP contribution in [0.15, 0.2) is 47.5 Å². The van der Waals surface area contributed by atoms with Crippen LogP contribution in [0, 0.1) is 6.92 Å². The third-order valence-corrected chi connectivity index (χ3v) is 4.03. The second-order valence-electron chi connectivity index (χ2n) is 4.14. The molecule has 2 aromatic rings. The van der Waals surface area contributed by atoms with Gasteiger partial charge in [0.2, 0.25) is 0 Å². The summed E-state index contributed by atoms with van der Waals surface area (Å²) in [5, 5.41) is 0. The number of hydrogen-bond acceptors (Lipinski definition) is 4. The Morgan fingerprint density at radius 2 is 1.84 bits per heavy atom. The van der Waals surface area contributed by atoms with Gasteiger partial charge in [-0.2, -0.15) is 0 Å². The first-order valence-corrected chi connectivity index (χ1v) is 7.24. The lowest BCUT2D eigenvalue weighted by atomic mass is 10.2. The highest BCUT2D eigenvalue weighted by Crippen LogP contribution is 2.16. The molecule has 0 aliphatic carbocycles. The first-order valence-electron chi connectivity index (χ1n) is 5.76.